The van der Waals surface area contributed by atoms with Crippen LogP contribution in [0.25, 0.3) is 0 Å². The zero-order valence-corrected chi connectivity index (χ0v) is 14.9. The molecule has 1 fully saturated rings. The van der Waals surface area contributed by atoms with Gasteiger partial charge in [-0.2, -0.15) is 0 Å². The van der Waals surface area contributed by atoms with E-state index in [1.807, 2.05) is 32.0 Å². The number of primary amides is 1. The van der Waals surface area contributed by atoms with Crippen LogP contribution in [0.2, 0.25) is 0 Å². The molecule has 0 bridgehead atoms. The summed E-state index contributed by atoms with van der Waals surface area (Å²) in [6.07, 6.45) is 0.996. The Hall–Kier alpha value is -1.89. The van der Waals surface area contributed by atoms with Crippen molar-refractivity contribution in [2.24, 2.45) is 11.7 Å². The first-order valence-corrected chi connectivity index (χ1v) is 9.84. The molecule has 1 aliphatic heterocycles. The van der Waals surface area contributed by atoms with Crippen molar-refractivity contribution in [3.8, 4) is 0 Å². The zero-order chi connectivity index (χ0) is 17.9. The topological polar surface area (TPSA) is 97.5 Å². The van der Waals surface area contributed by atoms with Crippen LogP contribution < -0.4 is 5.73 Å². The molecule has 1 aliphatic rings. The third kappa shape index (κ3) is 4.80. The van der Waals surface area contributed by atoms with Gasteiger partial charge in [0.05, 0.1) is 5.75 Å². The lowest BCUT2D eigenvalue weighted by molar-refractivity contribution is -0.132. The number of hydrogen-bond donors (Lipinski definition) is 1. The summed E-state index contributed by atoms with van der Waals surface area (Å²) in [5.74, 6) is -1.61. The zero-order valence-electron chi connectivity index (χ0n) is 14.1. The molecule has 132 valence electrons. The van der Waals surface area contributed by atoms with Gasteiger partial charge >= 0.3 is 0 Å². The van der Waals surface area contributed by atoms with Gasteiger partial charge in [-0.25, -0.2) is 8.42 Å². The van der Waals surface area contributed by atoms with Crippen molar-refractivity contribution in [1.29, 1.82) is 0 Å². The van der Waals surface area contributed by atoms with Gasteiger partial charge in [-0.3, -0.25) is 9.59 Å². The molecule has 1 saturated heterocycles. The van der Waals surface area contributed by atoms with Crippen LogP contribution in [0.15, 0.2) is 18.2 Å². The van der Waals surface area contributed by atoms with Gasteiger partial charge in [-0.1, -0.05) is 23.8 Å². The average molecular weight is 352 g/mol. The summed E-state index contributed by atoms with van der Waals surface area (Å²) in [5, 5.41) is 0. The fourth-order valence-corrected chi connectivity index (χ4v) is 4.38. The minimum Gasteiger partial charge on any atom is -0.369 e. The lowest BCUT2D eigenvalue weighted by Gasteiger charge is -2.30. The van der Waals surface area contributed by atoms with Gasteiger partial charge in [0.15, 0.2) is 9.84 Å². The molecule has 24 heavy (non-hydrogen) atoms. The Morgan fingerprint density at radius 3 is 2.42 bits per heavy atom. The van der Waals surface area contributed by atoms with Crippen LogP contribution in [-0.2, 0) is 25.2 Å². The fraction of sp³-hybridized carbons (Fsp3) is 0.529. The molecule has 0 atom stereocenters. The van der Waals surface area contributed by atoms with Crippen molar-refractivity contribution < 1.29 is 18.0 Å². The number of carbonyl (C=O) groups is 2. The first-order valence-electron chi connectivity index (χ1n) is 8.01. The number of nitrogens with two attached hydrogens (primary N) is 1. The van der Waals surface area contributed by atoms with E-state index in [-0.39, 0.29) is 17.6 Å². The second-order valence-electron chi connectivity index (χ2n) is 6.52. The number of hydrogen-bond acceptors (Lipinski definition) is 4. The third-order valence-electron chi connectivity index (χ3n) is 4.47. The summed E-state index contributed by atoms with van der Waals surface area (Å²) in [6, 6.07) is 5.66. The summed E-state index contributed by atoms with van der Waals surface area (Å²) >= 11 is 0. The number of benzene rings is 1. The first-order chi connectivity index (χ1) is 11.2. The lowest BCUT2D eigenvalue weighted by Crippen LogP contribution is -2.44. The summed E-state index contributed by atoms with van der Waals surface area (Å²) in [4.78, 5) is 24.9. The van der Waals surface area contributed by atoms with E-state index in [2.05, 4.69) is 0 Å². The van der Waals surface area contributed by atoms with E-state index in [1.165, 1.54) is 4.90 Å². The highest BCUT2D eigenvalue weighted by Gasteiger charge is 2.28. The summed E-state index contributed by atoms with van der Waals surface area (Å²) in [6.45, 7) is 4.53. The largest absolute Gasteiger partial charge is 0.369 e. The molecule has 0 aromatic heterocycles. The lowest BCUT2D eigenvalue weighted by atomic mass is 9.96. The van der Waals surface area contributed by atoms with Crippen LogP contribution in [0, 0.1) is 19.8 Å². The maximum Gasteiger partial charge on any atom is 0.237 e. The van der Waals surface area contributed by atoms with Gasteiger partial charge < -0.3 is 10.6 Å². The van der Waals surface area contributed by atoms with E-state index in [0.717, 1.165) is 16.7 Å². The SMILES string of the molecule is Cc1ccc(C)c(CS(=O)(=O)CC(=O)N2CCC(C(N)=O)CC2)c1. The summed E-state index contributed by atoms with van der Waals surface area (Å²) in [5.41, 5.74) is 7.89. The Morgan fingerprint density at radius 2 is 1.83 bits per heavy atom. The van der Waals surface area contributed by atoms with Gasteiger partial charge in [-0.15, -0.1) is 0 Å². The number of sulfone groups is 1. The number of piperidine rings is 1. The molecule has 2 rings (SSSR count). The van der Waals surface area contributed by atoms with Crippen molar-refractivity contribution in [1.82, 2.24) is 4.90 Å². The highest BCUT2D eigenvalue weighted by molar-refractivity contribution is 7.91. The van der Waals surface area contributed by atoms with Gasteiger partial charge in [0.2, 0.25) is 11.8 Å². The van der Waals surface area contributed by atoms with Gasteiger partial charge in [-0.05, 0) is 37.8 Å². The Morgan fingerprint density at radius 1 is 1.21 bits per heavy atom. The van der Waals surface area contributed by atoms with Gasteiger partial charge in [0.1, 0.15) is 5.75 Å². The quantitative estimate of drug-likeness (QED) is 0.853. The number of amides is 2. The normalized spacial score (nSPS) is 16.2. The van der Waals surface area contributed by atoms with Crippen molar-refractivity contribution in [2.75, 3.05) is 18.8 Å². The molecule has 0 radical (unpaired) electrons. The van der Waals surface area contributed by atoms with Crippen LogP contribution in [-0.4, -0.2) is 44.0 Å². The fourth-order valence-electron chi connectivity index (χ4n) is 2.94. The highest BCUT2D eigenvalue weighted by atomic mass is 32.2. The van der Waals surface area contributed by atoms with Crippen molar-refractivity contribution in [2.45, 2.75) is 32.4 Å². The minimum absolute atomic E-state index is 0.135. The van der Waals surface area contributed by atoms with Crippen LogP contribution in [0.3, 0.4) is 0 Å². The van der Waals surface area contributed by atoms with E-state index in [4.69, 9.17) is 5.73 Å². The number of rotatable bonds is 5. The molecule has 0 aliphatic carbocycles. The molecule has 6 nitrogen and oxygen atoms in total. The van der Waals surface area contributed by atoms with E-state index >= 15 is 0 Å². The average Bonchev–Trinajstić information content (AvgIpc) is 2.50. The Bertz CT molecular complexity index is 735. The maximum atomic E-state index is 12.4. The van der Waals surface area contributed by atoms with Crippen molar-refractivity contribution in [3.63, 3.8) is 0 Å². The van der Waals surface area contributed by atoms with E-state index in [1.54, 1.807) is 0 Å². The van der Waals surface area contributed by atoms with Crippen molar-refractivity contribution >= 4 is 21.7 Å². The molecule has 2 N–H and O–H groups in total. The summed E-state index contributed by atoms with van der Waals surface area (Å²) in [7, 11) is -3.54. The molecule has 1 aromatic rings. The number of nitrogens with zero attached hydrogens (tertiary/aromatic N) is 1. The predicted octanol–water partition coefficient (Wildman–Crippen LogP) is 0.942. The first kappa shape index (κ1) is 18.4. The third-order valence-corrected chi connectivity index (χ3v) is 5.91. The van der Waals surface area contributed by atoms with Crippen LogP contribution in [0.5, 0.6) is 0 Å². The number of aryl methyl sites for hydroxylation is 2. The second kappa shape index (κ2) is 7.34. The number of likely N-dealkylation sites (tertiary alicyclic amines) is 1. The van der Waals surface area contributed by atoms with Crippen LogP contribution in [0.1, 0.15) is 29.5 Å². The van der Waals surface area contributed by atoms with Gasteiger partial charge in [0.25, 0.3) is 0 Å². The second-order valence-corrected chi connectivity index (χ2v) is 8.58. The standard InChI is InChI=1S/C17H24N2O4S/c1-12-3-4-13(2)15(9-12)10-24(22,23)11-16(20)19-7-5-14(6-8-19)17(18)21/h3-4,9,14H,5-8,10-11H2,1-2H3,(H2,18,21). The molecule has 0 spiro atoms. The molecule has 1 heterocycles. The molecular formula is C17H24N2O4S. The van der Waals surface area contributed by atoms with Crippen LogP contribution >= 0.6 is 0 Å². The van der Waals surface area contributed by atoms with E-state index in [9.17, 15) is 18.0 Å². The monoisotopic (exact) mass is 352 g/mol. The Kier molecular flexibility index (Phi) is 5.64. The minimum atomic E-state index is -3.54. The highest BCUT2D eigenvalue weighted by Crippen LogP contribution is 2.18. The Balaban J connectivity index is 1.98. The Labute approximate surface area is 142 Å². The molecule has 0 unspecified atom stereocenters. The maximum absolute atomic E-state index is 12.4. The van der Waals surface area contributed by atoms with Crippen LogP contribution in [0.4, 0.5) is 0 Å². The molecular weight excluding hydrogens is 328 g/mol. The molecule has 2 amide bonds. The number of carbonyl (C=O) groups excluding carboxylic acids is 2. The van der Waals surface area contributed by atoms with E-state index < -0.39 is 21.5 Å². The molecule has 7 heteroatoms. The smallest absolute Gasteiger partial charge is 0.237 e. The van der Waals surface area contributed by atoms with Gasteiger partial charge in [0, 0.05) is 19.0 Å². The summed E-state index contributed by atoms with van der Waals surface area (Å²) < 4.78 is 24.7. The molecule has 0 saturated carbocycles. The predicted molar refractivity (Wildman–Crippen MR) is 91.9 cm³/mol. The van der Waals surface area contributed by atoms with Crippen molar-refractivity contribution in [3.05, 3.63) is 34.9 Å². The van der Waals surface area contributed by atoms with E-state index in [0.29, 0.717) is 25.9 Å². The molecule has 1 aromatic carbocycles.